The van der Waals surface area contributed by atoms with Crippen LogP contribution in [-0.2, 0) is 16.4 Å². The number of aromatic carboxylic acids is 1. The standard InChI is InChI=1S/C20H24N2O4S/c1-3-4-5-6-15-9-12-17-18(13-15)22(21-19(17)20(23)24)27(25,26)16-10-7-14(2)8-11-16/h7-12,15H,3-6,13H2,1-2H3,(H,23,24). The number of carbonyl (C=O) groups is 1. The molecular weight excluding hydrogens is 364 g/mol. The van der Waals surface area contributed by atoms with E-state index in [9.17, 15) is 18.3 Å². The molecule has 1 heterocycles. The van der Waals surface area contributed by atoms with Gasteiger partial charge in [0.25, 0.3) is 10.0 Å². The van der Waals surface area contributed by atoms with Crippen molar-refractivity contribution in [2.75, 3.05) is 0 Å². The summed E-state index contributed by atoms with van der Waals surface area (Å²) in [5.74, 6) is -1.03. The Hall–Kier alpha value is -2.41. The van der Waals surface area contributed by atoms with Crippen molar-refractivity contribution in [3.05, 3.63) is 52.9 Å². The van der Waals surface area contributed by atoms with E-state index in [4.69, 9.17) is 0 Å². The Morgan fingerprint density at radius 3 is 2.59 bits per heavy atom. The highest BCUT2D eigenvalue weighted by Gasteiger charge is 2.31. The first-order valence-corrected chi connectivity index (χ1v) is 10.6. The van der Waals surface area contributed by atoms with Gasteiger partial charge in [0.2, 0.25) is 0 Å². The molecule has 1 aromatic carbocycles. The topological polar surface area (TPSA) is 89.3 Å². The summed E-state index contributed by atoms with van der Waals surface area (Å²) in [5.41, 5.74) is 1.58. The molecule has 0 saturated carbocycles. The third-order valence-corrected chi connectivity index (χ3v) is 6.53. The average Bonchev–Trinajstić information content (AvgIpc) is 3.02. The maximum absolute atomic E-state index is 13.1. The predicted octanol–water partition coefficient (Wildman–Crippen LogP) is 3.89. The number of fused-ring (bicyclic) bond motifs is 1. The third-order valence-electron chi connectivity index (χ3n) is 4.91. The minimum Gasteiger partial charge on any atom is -0.476 e. The number of benzene rings is 1. The van der Waals surface area contributed by atoms with Crippen LogP contribution in [0.4, 0.5) is 0 Å². The Bertz CT molecular complexity index is 972. The molecule has 1 aromatic heterocycles. The number of aromatic nitrogens is 2. The quantitative estimate of drug-likeness (QED) is 0.727. The summed E-state index contributed by atoms with van der Waals surface area (Å²) in [6.45, 7) is 4.01. The zero-order chi connectivity index (χ0) is 19.6. The maximum atomic E-state index is 13.1. The van der Waals surface area contributed by atoms with Gasteiger partial charge in [-0.25, -0.2) is 4.79 Å². The number of hydrogen-bond acceptors (Lipinski definition) is 4. The molecule has 1 N–H and O–H groups in total. The smallest absolute Gasteiger partial charge is 0.357 e. The molecule has 0 amide bonds. The Morgan fingerprint density at radius 2 is 1.96 bits per heavy atom. The minimum atomic E-state index is -3.95. The number of rotatable bonds is 7. The van der Waals surface area contributed by atoms with E-state index >= 15 is 0 Å². The van der Waals surface area contributed by atoms with E-state index in [-0.39, 0.29) is 16.5 Å². The van der Waals surface area contributed by atoms with E-state index in [0.29, 0.717) is 17.7 Å². The van der Waals surface area contributed by atoms with Gasteiger partial charge in [0.15, 0.2) is 5.69 Å². The summed E-state index contributed by atoms with van der Waals surface area (Å²) < 4.78 is 27.1. The molecule has 144 valence electrons. The van der Waals surface area contributed by atoms with Crippen LogP contribution < -0.4 is 0 Å². The molecule has 0 aliphatic heterocycles. The van der Waals surface area contributed by atoms with Gasteiger partial charge >= 0.3 is 5.97 Å². The number of allylic oxidation sites excluding steroid dienone is 1. The molecule has 2 aromatic rings. The second-order valence-electron chi connectivity index (χ2n) is 6.99. The van der Waals surface area contributed by atoms with Crippen molar-refractivity contribution < 1.29 is 18.3 Å². The fourth-order valence-electron chi connectivity index (χ4n) is 3.38. The fraction of sp³-hybridized carbons (Fsp3) is 0.400. The molecule has 0 bridgehead atoms. The van der Waals surface area contributed by atoms with E-state index in [0.717, 1.165) is 35.3 Å². The molecule has 6 nitrogen and oxygen atoms in total. The number of hydrogen-bond donors (Lipinski definition) is 1. The van der Waals surface area contributed by atoms with Crippen LogP contribution in [0.3, 0.4) is 0 Å². The van der Waals surface area contributed by atoms with E-state index in [2.05, 4.69) is 12.0 Å². The highest BCUT2D eigenvalue weighted by molar-refractivity contribution is 7.89. The molecule has 0 saturated heterocycles. The lowest BCUT2D eigenvalue weighted by Crippen LogP contribution is -2.20. The lowest BCUT2D eigenvalue weighted by molar-refractivity contribution is 0.0690. The van der Waals surface area contributed by atoms with Crippen molar-refractivity contribution in [1.82, 2.24) is 9.19 Å². The molecule has 0 fully saturated rings. The van der Waals surface area contributed by atoms with Gasteiger partial charge in [-0.15, -0.1) is 5.10 Å². The van der Waals surface area contributed by atoms with Gasteiger partial charge in [0.05, 0.1) is 10.6 Å². The minimum absolute atomic E-state index is 0.104. The van der Waals surface area contributed by atoms with Crippen molar-refractivity contribution in [2.45, 2.75) is 50.8 Å². The van der Waals surface area contributed by atoms with Gasteiger partial charge in [-0.3, -0.25) is 0 Å². The van der Waals surface area contributed by atoms with Gasteiger partial charge in [-0.2, -0.15) is 12.5 Å². The number of carboxylic acid groups (broad SMARTS) is 1. The molecule has 0 spiro atoms. The SMILES string of the molecule is CCCCCC1C=Cc2c(C(=O)O)nn(S(=O)(=O)c3ccc(C)cc3)c2C1. The molecular formula is C20H24N2O4S. The van der Waals surface area contributed by atoms with Crippen molar-refractivity contribution in [2.24, 2.45) is 5.92 Å². The van der Waals surface area contributed by atoms with Gasteiger partial charge in [-0.1, -0.05) is 56.0 Å². The molecule has 1 aliphatic carbocycles. The monoisotopic (exact) mass is 388 g/mol. The van der Waals surface area contributed by atoms with Crippen LogP contribution in [0.1, 0.15) is 59.9 Å². The number of nitrogens with zero attached hydrogens (tertiary/aromatic N) is 2. The Labute approximate surface area is 159 Å². The van der Waals surface area contributed by atoms with Crippen molar-refractivity contribution in [3.63, 3.8) is 0 Å². The van der Waals surface area contributed by atoms with E-state index in [1.165, 1.54) is 12.1 Å². The van der Waals surface area contributed by atoms with Crippen molar-refractivity contribution in [1.29, 1.82) is 0 Å². The van der Waals surface area contributed by atoms with Crippen LogP contribution in [0.2, 0.25) is 0 Å². The molecule has 0 radical (unpaired) electrons. The number of unbranched alkanes of at least 4 members (excludes halogenated alkanes) is 2. The summed E-state index contributed by atoms with van der Waals surface area (Å²) in [6.07, 6.45) is 8.42. The first-order valence-electron chi connectivity index (χ1n) is 9.20. The average molecular weight is 388 g/mol. The van der Waals surface area contributed by atoms with Crippen LogP contribution in [0.5, 0.6) is 0 Å². The first kappa shape index (κ1) is 19.4. The van der Waals surface area contributed by atoms with Crippen LogP contribution in [-0.4, -0.2) is 28.7 Å². The molecule has 1 aliphatic rings. The summed E-state index contributed by atoms with van der Waals surface area (Å²) in [4.78, 5) is 11.7. The van der Waals surface area contributed by atoms with Crippen LogP contribution in [0.15, 0.2) is 35.2 Å². The van der Waals surface area contributed by atoms with E-state index in [1.807, 2.05) is 13.0 Å². The fourth-order valence-corrected chi connectivity index (χ4v) is 4.71. The van der Waals surface area contributed by atoms with E-state index in [1.54, 1.807) is 18.2 Å². The Kier molecular flexibility index (Phi) is 5.51. The van der Waals surface area contributed by atoms with Crippen molar-refractivity contribution >= 4 is 22.1 Å². The summed E-state index contributed by atoms with van der Waals surface area (Å²) in [5, 5.41) is 13.4. The molecule has 3 rings (SSSR count). The van der Waals surface area contributed by atoms with Gasteiger partial charge < -0.3 is 5.11 Å². The number of carboxylic acids is 1. The zero-order valence-electron chi connectivity index (χ0n) is 15.6. The summed E-state index contributed by atoms with van der Waals surface area (Å²) in [7, 11) is -3.95. The van der Waals surface area contributed by atoms with E-state index < -0.39 is 16.0 Å². The molecule has 1 unspecified atom stereocenters. The summed E-state index contributed by atoms with van der Waals surface area (Å²) in [6, 6.07) is 6.48. The highest BCUT2D eigenvalue weighted by Crippen LogP contribution is 2.31. The van der Waals surface area contributed by atoms with Gasteiger partial charge in [-0.05, 0) is 37.8 Å². The third kappa shape index (κ3) is 3.83. The largest absolute Gasteiger partial charge is 0.476 e. The second kappa shape index (κ2) is 7.68. The molecule has 1 atom stereocenters. The second-order valence-corrected chi connectivity index (χ2v) is 8.76. The van der Waals surface area contributed by atoms with Crippen LogP contribution >= 0.6 is 0 Å². The Balaban J connectivity index is 2.03. The first-order chi connectivity index (χ1) is 12.8. The van der Waals surface area contributed by atoms with Crippen molar-refractivity contribution in [3.8, 4) is 0 Å². The van der Waals surface area contributed by atoms with Crippen LogP contribution in [0.25, 0.3) is 6.08 Å². The highest BCUT2D eigenvalue weighted by atomic mass is 32.2. The zero-order valence-corrected chi connectivity index (χ0v) is 16.4. The number of aryl methyl sites for hydroxylation is 1. The lowest BCUT2D eigenvalue weighted by Gasteiger charge is -2.18. The maximum Gasteiger partial charge on any atom is 0.357 e. The molecule has 7 heteroatoms. The predicted molar refractivity (Wildman–Crippen MR) is 103 cm³/mol. The van der Waals surface area contributed by atoms with Gasteiger partial charge in [0, 0.05) is 5.56 Å². The molecule has 27 heavy (non-hydrogen) atoms. The van der Waals surface area contributed by atoms with Gasteiger partial charge in [0.1, 0.15) is 0 Å². The summed E-state index contributed by atoms with van der Waals surface area (Å²) >= 11 is 0. The van der Waals surface area contributed by atoms with Crippen LogP contribution in [0, 0.1) is 12.8 Å². The normalized spacial score (nSPS) is 16.3. The Morgan fingerprint density at radius 1 is 1.26 bits per heavy atom. The lowest BCUT2D eigenvalue weighted by atomic mass is 9.89.